The Morgan fingerprint density at radius 3 is 2.95 bits per heavy atom. The highest BCUT2D eigenvalue weighted by atomic mass is 35.5. The second kappa shape index (κ2) is 7.54. The molecule has 1 N–H and O–H groups in total. The molecule has 0 aliphatic carbocycles. The first-order valence-electron chi connectivity index (χ1n) is 7.26. The molecule has 2 heterocycles. The third-order valence-corrected chi connectivity index (χ3v) is 4.00. The maximum absolute atomic E-state index is 6.33. The van der Waals surface area contributed by atoms with E-state index in [1.165, 1.54) is 5.56 Å². The number of hydrogen-bond donors (Lipinski definition) is 1. The highest BCUT2D eigenvalue weighted by Crippen LogP contribution is 2.38. The second-order valence-electron chi connectivity index (χ2n) is 5.55. The lowest BCUT2D eigenvalue weighted by atomic mass is 10.1. The Bertz CT molecular complexity index is 485. The molecular weight excluding hydrogens is 311 g/mol. The first-order valence-corrected chi connectivity index (χ1v) is 7.64. The number of nitrogens with one attached hydrogen (secondary N) is 1. The average molecular weight is 333 g/mol. The summed E-state index contributed by atoms with van der Waals surface area (Å²) in [5, 5.41) is 4.11. The fourth-order valence-electron chi connectivity index (χ4n) is 2.79. The van der Waals surface area contributed by atoms with Crippen LogP contribution in [0.25, 0.3) is 0 Å². The van der Waals surface area contributed by atoms with Crippen molar-refractivity contribution >= 4 is 24.0 Å². The monoisotopic (exact) mass is 332 g/mol. The van der Waals surface area contributed by atoms with E-state index in [0.717, 1.165) is 38.3 Å². The number of rotatable bonds is 2. The van der Waals surface area contributed by atoms with Crippen molar-refractivity contribution in [3.63, 3.8) is 0 Å². The van der Waals surface area contributed by atoms with E-state index in [0.29, 0.717) is 30.0 Å². The van der Waals surface area contributed by atoms with Crippen LogP contribution in [0.5, 0.6) is 11.5 Å². The van der Waals surface area contributed by atoms with E-state index < -0.39 is 0 Å². The summed E-state index contributed by atoms with van der Waals surface area (Å²) in [7, 11) is 0. The van der Waals surface area contributed by atoms with E-state index in [2.05, 4.69) is 23.2 Å². The van der Waals surface area contributed by atoms with Crippen molar-refractivity contribution in [3.8, 4) is 11.5 Å². The Morgan fingerprint density at radius 2 is 2.14 bits per heavy atom. The minimum Gasteiger partial charge on any atom is -0.489 e. The SMILES string of the molecule is CC1CN(Cc2cc(Cl)c3c(c2)OCCCO3)CCN1.Cl. The maximum atomic E-state index is 6.33. The van der Waals surface area contributed by atoms with Crippen LogP contribution in [-0.2, 0) is 6.54 Å². The standard InChI is InChI=1S/C15H21ClN2O2.ClH/c1-11-9-18(4-3-17-11)10-12-7-13(16)15-14(8-12)19-5-2-6-20-15;/h7-8,11,17H,2-6,9-10H2,1H3;1H. The zero-order valence-corrected chi connectivity index (χ0v) is 13.8. The summed E-state index contributed by atoms with van der Waals surface area (Å²) in [5.74, 6) is 1.48. The van der Waals surface area contributed by atoms with Gasteiger partial charge in [0.25, 0.3) is 0 Å². The summed E-state index contributed by atoms with van der Waals surface area (Å²) in [5.41, 5.74) is 1.19. The van der Waals surface area contributed by atoms with Crippen LogP contribution in [0.15, 0.2) is 12.1 Å². The zero-order chi connectivity index (χ0) is 13.9. The van der Waals surface area contributed by atoms with Crippen LogP contribution in [0.2, 0.25) is 5.02 Å². The topological polar surface area (TPSA) is 33.7 Å². The molecule has 0 bridgehead atoms. The number of halogens is 2. The van der Waals surface area contributed by atoms with E-state index in [4.69, 9.17) is 21.1 Å². The van der Waals surface area contributed by atoms with Gasteiger partial charge in [0.05, 0.1) is 18.2 Å². The molecular formula is C15H22Cl2N2O2. The minimum absolute atomic E-state index is 0. The third kappa shape index (κ3) is 4.16. The van der Waals surface area contributed by atoms with Gasteiger partial charge in [-0.2, -0.15) is 0 Å². The Balaban J connectivity index is 0.00000161. The molecule has 4 nitrogen and oxygen atoms in total. The molecule has 1 fully saturated rings. The van der Waals surface area contributed by atoms with E-state index in [1.54, 1.807) is 0 Å². The van der Waals surface area contributed by atoms with E-state index in [1.807, 2.05) is 6.07 Å². The van der Waals surface area contributed by atoms with Crippen LogP contribution in [0, 0.1) is 0 Å². The fourth-order valence-corrected chi connectivity index (χ4v) is 3.08. The predicted molar refractivity (Wildman–Crippen MR) is 87.0 cm³/mol. The van der Waals surface area contributed by atoms with Gasteiger partial charge in [-0.15, -0.1) is 12.4 Å². The lowest BCUT2D eigenvalue weighted by molar-refractivity contribution is 0.199. The molecule has 2 aliphatic rings. The number of hydrogen-bond acceptors (Lipinski definition) is 4. The number of nitrogens with zero attached hydrogens (tertiary/aromatic N) is 1. The van der Waals surface area contributed by atoms with Gasteiger partial charge in [-0.3, -0.25) is 4.90 Å². The molecule has 0 radical (unpaired) electrons. The summed E-state index contributed by atoms with van der Waals surface area (Å²) < 4.78 is 11.4. The lowest BCUT2D eigenvalue weighted by Crippen LogP contribution is -2.48. The van der Waals surface area contributed by atoms with Crippen molar-refractivity contribution in [2.24, 2.45) is 0 Å². The van der Waals surface area contributed by atoms with Gasteiger partial charge < -0.3 is 14.8 Å². The molecule has 1 aromatic carbocycles. The summed E-state index contributed by atoms with van der Waals surface area (Å²) in [6, 6.07) is 4.61. The van der Waals surface area contributed by atoms with Crippen molar-refractivity contribution in [1.29, 1.82) is 0 Å². The molecule has 6 heteroatoms. The molecule has 1 aromatic rings. The molecule has 0 saturated carbocycles. The third-order valence-electron chi connectivity index (χ3n) is 3.72. The Hall–Kier alpha value is -0.680. The lowest BCUT2D eigenvalue weighted by Gasteiger charge is -2.32. The van der Waals surface area contributed by atoms with Crippen molar-refractivity contribution in [1.82, 2.24) is 10.2 Å². The number of benzene rings is 1. The second-order valence-corrected chi connectivity index (χ2v) is 5.95. The first kappa shape index (κ1) is 16.7. The molecule has 1 atom stereocenters. The van der Waals surface area contributed by atoms with Gasteiger partial charge in [0.15, 0.2) is 11.5 Å². The van der Waals surface area contributed by atoms with Crippen LogP contribution in [0.4, 0.5) is 0 Å². The van der Waals surface area contributed by atoms with Gasteiger partial charge >= 0.3 is 0 Å². The molecule has 1 saturated heterocycles. The Kier molecular flexibility index (Phi) is 5.99. The molecule has 0 aromatic heterocycles. The molecule has 2 aliphatic heterocycles. The van der Waals surface area contributed by atoms with Crippen molar-refractivity contribution in [2.75, 3.05) is 32.8 Å². The van der Waals surface area contributed by atoms with Crippen molar-refractivity contribution in [3.05, 3.63) is 22.7 Å². The zero-order valence-electron chi connectivity index (χ0n) is 12.2. The highest BCUT2D eigenvalue weighted by Gasteiger charge is 2.19. The molecule has 21 heavy (non-hydrogen) atoms. The van der Waals surface area contributed by atoms with Crippen LogP contribution < -0.4 is 14.8 Å². The molecule has 118 valence electrons. The van der Waals surface area contributed by atoms with Crippen LogP contribution in [0.1, 0.15) is 18.9 Å². The van der Waals surface area contributed by atoms with Gasteiger partial charge in [0.2, 0.25) is 0 Å². The Labute approximate surface area is 137 Å². The van der Waals surface area contributed by atoms with Crippen LogP contribution in [-0.4, -0.2) is 43.8 Å². The summed E-state index contributed by atoms with van der Waals surface area (Å²) >= 11 is 6.33. The molecule has 3 rings (SSSR count). The average Bonchev–Trinajstić information content (AvgIpc) is 2.64. The van der Waals surface area contributed by atoms with E-state index in [-0.39, 0.29) is 12.4 Å². The van der Waals surface area contributed by atoms with Gasteiger partial charge in [0.1, 0.15) is 0 Å². The predicted octanol–water partition coefficient (Wildman–Crippen LogP) is 2.72. The van der Waals surface area contributed by atoms with E-state index in [9.17, 15) is 0 Å². The van der Waals surface area contributed by atoms with Crippen LogP contribution in [0.3, 0.4) is 0 Å². The summed E-state index contributed by atoms with van der Waals surface area (Å²) in [6.07, 6.45) is 0.898. The van der Waals surface area contributed by atoms with Crippen molar-refractivity contribution in [2.45, 2.75) is 25.9 Å². The van der Waals surface area contributed by atoms with Gasteiger partial charge in [-0.1, -0.05) is 11.6 Å². The van der Waals surface area contributed by atoms with E-state index >= 15 is 0 Å². The van der Waals surface area contributed by atoms with Gasteiger partial charge in [-0.25, -0.2) is 0 Å². The fraction of sp³-hybridized carbons (Fsp3) is 0.600. The number of fused-ring (bicyclic) bond motifs is 1. The Morgan fingerprint density at radius 1 is 1.33 bits per heavy atom. The number of piperazine rings is 1. The van der Waals surface area contributed by atoms with Crippen molar-refractivity contribution < 1.29 is 9.47 Å². The van der Waals surface area contributed by atoms with Gasteiger partial charge in [0, 0.05) is 38.6 Å². The molecule has 0 spiro atoms. The maximum Gasteiger partial charge on any atom is 0.179 e. The van der Waals surface area contributed by atoms with Crippen LogP contribution >= 0.6 is 24.0 Å². The number of ether oxygens (including phenoxy) is 2. The summed E-state index contributed by atoms with van der Waals surface area (Å²) in [4.78, 5) is 2.44. The van der Waals surface area contributed by atoms with Gasteiger partial charge in [-0.05, 0) is 24.6 Å². The molecule has 0 amide bonds. The smallest absolute Gasteiger partial charge is 0.179 e. The first-order chi connectivity index (χ1) is 9.72. The largest absolute Gasteiger partial charge is 0.489 e. The molecule has 1 unspecified atom stereocenters. The normalized spacial score (nSPS) is 22.3. The minimum atomic E-state index is 0. The highest BCUT2D eigenvalue weighted by molar-refractivity contribution is 6.32. The summed E-state index contributed by atoms with van der Waals surface area (Å²) in [6.45, 7) is 7.65. The quantitative estimate of drug-likeness (QED) is 0.902.